The van der Waals surface area contributed by atoms with Crippen LogP contribution in [-0.4, -0.2) is 73.6 Å². The van der Waals surface area contributed by atoms with Crippen molar-refractivity contribution in [3.8, 4) is 0 Å². The van der Waals surface area contributed by atoms with Gasteiger partial charge in [-0.3, -0.25) is 15.3 Å². The van der Waals surface area contributed by atoms with Gasteiger partial charge < -0.3 is 15.3 Å². The minimum Gasteiger partial charge on any atom is -0.477 e. The van der Waals surface area contributed by atoms with Gasteiger partial charge in [-0.15, -0.1) is 0 Å². The third kappa shape index (κ3) is 3.11. The molecule has 16 heavy (non-hydrogen) atoms. The van der Waals surface area contributed by atoms with Gasteiger partial charge in [-0.1, -0.05) is 6.92 Å². The molecule has 8 heteroatoms. The molecule has 0 amide bonds. The molecular formula is C8H18NO7+. The minimum absolute atomic E-state index is 0.386. The number of nitrogens with zero attached hydrogens (tertiary/aromatic N) is 1. The molecule has 8 nitrogen and oxygen atoms in total. The molecule has 0 rings (SSSR count). The zero-order valence-corrected chi connectivity index (χ0v) is 9.32. The van der Waals surface area contributed by atoms with Crippen LogP contribution in [0.5, 0.6) is 0 Å². The van der Waals surface area contributed by atoms with E-state index in [1.54, 1.807) is 0 Å². The van der Waals surface area contributed by atoms with Crippen molar-refractivity contribution >= 4 is 5.97 Å². The number of rotatable bonds is 5. The standard InChI is InChI=1S/C8H17NO7/c1-5(7(12,13)6(10)11)4-9(2,3)8(14,15)16/h5,12-16H,4H2,1-3H3/p+1. The molecule has 0 spiro atoms. The third-order valence-electron chi connectivity index (χ3n) is 2.54. The zero-order valence-electron chi connectivity index (χ0n) is 9.32. The van der Waals surface area contributed by atoms with Crippen LogP contribution in [0.4, 0.5) is 0 Å². The fourth-order valence-corrected chi connectivity index (χ4v) is 1.15. The minimum atomic E-state index is -3.09. The van der Waals surface area contributed by atoms with Gasteiger partial charge in [-0.25, -0.2) is 9.28 Å². The molecule has 0 aliphatic heterocycles. The Bertz CT molecular complexity index is 268. The van der Waals surface area contributed by atoms with Crippen LogP contribution in [0.3, 0.4) is 0 Å². The van der Waals surface area contributed by atoms with Gasteiger partial charge in [0.2, 0.25) is 0 Å². The molecular weight excluding hydrogens is 222 g/mol. The summed E-state index contributed by atoms with van der Waals surface area (Å²) in [4.78, 5) is 10.5. The predicted molar refractivity (Wildman–Crippen MR) is 50.3 cm³/mol. The first kappa shape index (κ1) is 15.2. The van der Waals surface area contributed by atoms with Gasteiger partial charge in [0.15, 0.2) is 0 Å². The van der Waals surface area contributed by atoms with Gasteiger partial charge in [-0.05, 0) is 0 Å². The molecule has 0 aliphatic rings. The number of hydrogen-bond donors (Lipinski definition) is 6. The largest absolute Gasteiger partial charge is 0.477 e. The van der Waals surface area contributed by atoms with E-state index in [0.717, 1.165) is 0 Å². The molecule has 1 unspecified atom stereocenters. The third-order valence-corrected chi connectivity index (χ3v) is 2.54. The summed E-state index contributed by atoms with van der Waals surface area (Å²) in [7, 11) is 2.38. The molecule has 0 radical (unpaired) electrons. The Morgan fingerprint density at radius 2 is 1.56 bits per heavy atom. The number of carbonyl (C=O) groups is 1. The van der Waals surface area contributed by atoms with E-state index >= 15 is 0 Å². The van der Waals surface area contributed by atoms with E-state index in [2.05, 4.69) is 0 Å². The Morgan fingerprint density at radius 1 is 1.19 bits per heavy atom. The first-order valence-corrected chi connectivity index (χ1v) is 4.50. The Balaban J connectivity index is 4.82. The molecule has 0 heterocycles. The summed E-state index contributed by atoms with van der Waals surface area (Å²) in [5.74, 6) is -6.08. The summed E-state index contributed by atoms with van der Waals surface area (Å²) >= 11 is 0. The molecule has 96 valence electrons. The lowest BCUT2D eigenvalue weighted by molar-refractivity contribution is -1.03. The number of aliphatic hydroxyl groups is 5. The summed E-state index contributed by atoms with van der Waals surface area (Å²) < 4.78 is -0.829. The SMILES string of the molecule is CC(C[N+](C)(C)C(O)(O)O)C(O)(O)C(=O)O. The fraction of sp³-hybridized carbons (Fsp3) is 0.875. The molecule has 6 N–H and O–H groups in total. The van der Waals surface area contributed by atoms with Crippen molar-refractivity contribution in [3.05, 3.63) is 0 Å². The van der Waals surface area contributed by atoms with Crippen molar-refractivity contribution < 1.29 is 39.9 Å². The van der Waals surface area contributed by atoms with Gasteiger partial charge in [0, 0.05) is 0 Å². The Hall–Kier alpha value is -0.770. The summed E-state index contributed by atoms with van der Waals surface area (Å²) in [6.07, 6.45) is -3.09. The highest BCUT2D eigenvalue weighted by atomic mass is 16.7. The van der Waals surface area contributed by atoms with Crippen LogP contribution in [-0.2, 0) is 4.79 Å². The normalized spacial score (nSPS) is 16.0. The van der Waals surface area contributed by atoms with Crippen LogP contribution in [0, 0.1) is 5.92 Å². The van der Waals surface area contributed by atoms with E-state index in [9.17, 15) is 15.0 Å². The number of carboxylic acid groups (broad SMARTS) is 1. The second-order valence-electron chi connectivity index (χ2n) is 4.40. The predicted octanol–water partition coefficient (Wildman–Crippen LogP) is -2.95. The molecule has 0 aromatic carbocycles. The van der Waals surface area contributed by atoms with Gasteiger partial charge in [0.1, 0.15) is 0 Å². The molecule has 0 saturated carbocycles. The monoisotopic (exact) mass is 240 g/mol. The van der Waals surface area contributed by atoms with Crippen molar-refractivity contribution in [3.63, 3.8) is 0 Å². The molecule has 0 fully saturated rings. The van der Waals surface area contributed by atoms with E-state index in [-0.39, 0.29) is 6.54 Å². The van der Waals surface area contributed by atoms with Gasteiger partial charge >= 0.3 is 12.1 Å². The van der Waals surface area contributed by atoms with Gasteiger partial charge in [0.25, 0.3) is 5.79 Å². The summed E-state index contributed by atoms with van der Waals surface area (Å²) in [5, 5.41) is 53.8. The molecule has 0 aliphatic carbocycles. The van der Waals surface area contributed by atoms with Crippen molar-refractivity contribution in [1.82, 2.24) is 0 Å². The highest BCUT2D eigenvalue weighted by Crippen LogP contribution is 2.21. The van der Waals surface area contributed by atoms with Gasteiger partial charge in [-0.2, -0.15) is 0 Å². The highest BCUT2D eigenvalue weighted by molar-refractivity contribution is 5.75. The smallest absolute Gasteiger partial charge is 0.441 e. The molecule has 0 saturated heterocycles. The molecule has 0 bridgehead atoms. The van der Waals surface area contributed by atoms with E-state index in [1.165, 1.54) is 21.0 Å². The zero-order chi connectivity index (χ0) is 13.4. The maximum absolute atomic E-state index is 10.5. The fourth-order valence-electron chi connectivity index (χ4n) is 1.15. The van der Waals surface area contributed by atoms with Gasteiger partial charge in [0.05, 0.1) is 26.6 Å². The van der Waals surface area contributed by atoms with Crippen molar-refractivity contribution in [2.75, 3.05) is 20.6 Å². The average Bonchev–Trinajstić information content (AvgIpc) is 2.00. The van der Waals surface area contributed by atoms with Crippen LogP contribution in [0.2, 0.25) is 0 Å². The molecule has 0 aromatic rings. The van der Waals surface area contributed by atoms with Crippen molar-refractivity contribution in [2.45, 2.75) is 18.8 Å². The molecule has 1 atom stereocenters. The first-order chi connectivity index (χ1) is 6.82. The molecule has 0 aromatic heterocycles. The second kappa shape index (κ2) is 4.24. The first-order valence-electron chi connectivity index (χ1n) is 4.50. The van der Waals surface area contributed by atoms with Crippen LogP contribution >= 0.6 is 0 Å². The van der Waals surface area contributed by atoms with Crippen LogP contribution in [0.15, 0.2) is 0 Å². The van der Waals surface area contributed by atoms with E-state index in [1.807, 2.05) is 0 Å². The number of carboxylic acids is 1. The second-order valence-corrected chi connectivity index (χ2v) is 4.40. The lowest BCUT2D eigenvalue weighted by Gasteiger charge is -2.39. The van der Waals surface area contributed by atoms with Crippen molar-refractivity contribution in [1.29, 1.82) is 0 Å². The highest BCUT2D eigenvalue weighted by Gasteiger charge is 2.48. The number of aliphatic carboxylic acids is 1. The maximum atomic E-state index is 10.5. The van der Waals surface area contributed by atoms with Crippen LogP contribution in [0.25, 0.3) is 0 Å². The quantitative estimate of drug-likeness (QED) is 0.223. The lowest BCUT2D eigenvalue weighted by atomic mass is 9.99. The average molecular weight is 240 g/mol. The Morgan fingerprint density at radius 3 is 1.81 bits per heavy atom. The lowest BCUT2D eigenvalue weighted by Crippen LogP contribution is -2.63. The summed E-state index contributed by atoms with van der Waals surface area (Å²) in [6.45, 7) is 0.808. The summed E-state index contributed by atoms with van der Waals surface area (Å²) in [6, 6.07) is 0. The number of quaternary nitrogens is 1. The van der Waals surface area contributed by atoms with E-state index in [4.69, 9.17) is 20.4 Å². The van der Waals surface area contributed by atoms with Crippen LogP contribution in [0.1, 0.15) is 6.92 Å². The Kier molecular flexibility index (Phi) is 4.04. The maximum Gasteiger partial charge on any atom is 0.441 e. The van der Waals surface area contributed by atoms with E-state index in [0.29, 0.717) is 0 Å². The topological polar surface area (TPSA) is 138 Å². The van der Waals surface area contributed by atoms with E-state index < -0.39 is 28.3 Å². The van der Waals surface area contributed by atoms with Crippen molar-refractivity contribution in [2.24, 2.45) is 5.92 Å². The summed E-state index contributed by atoms with van der Waals surface area (Å²) in [5.41, 5.74) is 0. The Labute approximate surface area is 92.2 Å². The number of hydrogen-bond acceptors (Lipinski definition) is 6. The van der Waals surface area contributed by atoms with Crippen LogP contribution < -0.4 is 0 Å².